The van der Waals surface area contributed by atoms with Gasteiger partial charge in [-0.1, -0.05) is 0 Å². The minimum absolute atomic E-state index is 0.135. The number of hydrogen-bond donors (Lipinski definition) is 1. The van der Waals surface area contributed by atoms with E-state index in [4.69, 9.17) is 5.26 Å². The number of nitrogens with one attached hydrogen (secondary N) is 1. The lowest BCUT2D eigenvalue weighted by atomic mass is 10.2. The maximum Gasteiger partial charge on any atom is 0.0666 e. The Balaban J connectivity index is 2.12. The van der Waals surface area contributed by atoms with Crippen molar-refractivity contribution >= 4 is 0 Å². The van der Waals surface area contributed by atoms with Gasteiger partial charge in [0.15, 0.2) is 0 Å². The Labute approximate surface area is 74.4 Å². The molecule has 12 heavy (non-hydrogen) atoms. The first-order chi connectivity index (χ1) is 5.72. The highest BCUT2D eigenvalue weighted by Crippen LogP contribution is 2.06. The van der Waals surface area contributed by atoms with E-state index in [0.717, 1.165) is 13.1 Å². The topological polar surface area (TPSA) is 39.1 Å². The van der Waals surface area contributed by atoms with Crippen molar-refractivity contribution in [1.82, 2.24) is 10.2 Å². The molecule has 0 aliphatic carbocycles. The van der Waals surface area contributed by atoms with E-state index in [0.29, 0.717) is 6.04 Å². The average molecular weight is 167 g/mol. The zero-order valence-corrected chi connectivity index (χ0v) is 7.88. The summed E-state index contributed by atoms with van der Waals surface area (Å²) in [4.78, 5) is 2.31. The van der Waals surface area contributed by atoms with E-state index in [1.165, 1.54) is 13.0 Å². The lowest BCUT2D eigenvalue weighted by Crippen LogP contribution is -2.34. The minimum atomic E-state index is 0.135. The molecule has 3 heteroatoms. The molecule has 1 N–H and O–H groups in total. The lowest BCUT2D eigenvalue weighted by molar-refractivity contribution is 0.395. The van der Waals surface area contributed by atoms with Crippen molar-refractivity contribution in [2.45, 2.75) is 19.4 Å². The molecule has 0 spiro atoms. The lowest BCUT2D eigenvalue weighted by Gasteiger charge is -2.13. The molecule has 0 bridgehead atoms. The molecule has 0 aromatic rings. The molecule has 0 radical (unpaired) electrons. The molecule has 2 atom stereocenters. The molecule has 1 heterocycles. The third-order valence-corrected chi connectivity index (χ3v) is 2.32. The molecule has 3 nitrogen and oxygen atoms in total. The number of nitrogens with zero attached hydrogens (tertiary/aromatic N) is 2. The van der Waals surface area contributed by atoms with E-state index in [1.807, 2.05) is 6.92 Å². The van der Waals surface area contributed by atoms with Gasteiger partial charge < -0.3 is 10.2 Å². The van der Waals surface area contributed by atoms with Crippen LogP contribution in [0.1, 0.15) is 13.3 Å². The fourth-order valence-electron chi connectivity index (χ4n) is 1.49. The molecule has 2 unspecified atom stereocenters. The summed E-state index contributed by atoms with van der Waals surface area (Å²) in [7, 11) is 2.13. The van der Waals surface area contributed by atoms with Crippen LogP contribution in [0.4, 0.5) is 0 Å². The van der Waals surface area contributed by atoms with Crippen molar-refractivity contribution in [3.8, 4) is 6.07 Å². The number of likely N-dealkylation sites (N-methyl/N-ethyl adjacent to an activating group) is 1. The van der Waals surface area contributed by atoms with Gasteiger partial charge in [-0.2, -0.15) is 5.26 Å². The third kappa shape index (κ3) is 2.80. The fraction of sp³-hybridized carbons (Fsp3) is 0.889. The van der Waals surface area contributed by atoms with E-state index in [9.17, 15) is 0 Å². The Hall–Kier alpha value is -0.590. The largest absolute Gasteiger partial charge is 0.311 e. The van der Waals surface area contributed by atoms with Crippen molar-refractivity contribution in [3.63, 3.8) is 0 Å². The van der Waals surface area contributed by atoms with Crippen molar-refractivity contribution in [1.29, 1.82) is 5.26 Å². The second-order valence-corrected chi connectivity index (χ2v) is 3.69. The molecule has 68 valence electrons. The van der Waals surface area contributed by atoms with Gasteiger partial charge in [0, 0.05) is 19.1 Å². The van der Waals surface area contributed by atoms with E-state index in [2.05, 4.69) is 23.3 Å². The highest BCUT2D eigenvalue weighted by molar-refractivity contribution is 4.84. The Bertz CT molecular complexity index is 173. The Morgan fingerprint density at radius 1 is 1.75 bits per heavy atom. The van der Waals surface area contributed by atoms with Gasteiger partial charge in [0.1, 0.15) is 0 Å². The zero-order chi connectivity index (χ0) is 8.97. The van der Waals surface area contributed by atoms with Crippen LogP contribution in [0.3, 0.4) is 0 Å². The van der Waals surface area contributed by atoms with Crippen LogP contribution in [0.15, 0.2) is 0 Å². The molecule has 1 aliphatic heterocycles. The second-order valence-electron chi connectivity index (χ2n) is 3.69. The molecule has 1 saturated heterocycles. The number of likely N-dealkylation sites (tertiary alicyclic amines) is 1. The van der Waals surface area contributed by atoms with Crippen LogP contribution in [0, 0.1) is 17.2 Å². The summed E-state index contributed by atoms with van der Waals surface area (Å²) in [6.07, 6.45) is 1.22. The summed E-state index contributed by atoms with van der Waals surface area (Å²) in [5.41, 5.74) is 0. The predicted octanol–water partition coefficient (Wildman–Crippen LogP) is 0.440. The average Bonchev–Trinajstić information content (AvgIpc) is 2.47. The van der Waals surface area contributed by atoms with Crippen LogP contribution in [0.5, 0.6) is 0 Å². The van der Waals surface area contributed by atoms with Gasteiger partial charge in [-0.05, 0) is 26.9 Å². The molecular weight excluding hydrogens is 150 g/mol. The molecule has 0 saturated carbocycles. The SMILES string of the molecule is CC(C#N)CNC1CCN(C)C1. The standard InChI is InChI=1S/C9H17N3/c1-8(5-10)6-11-9-3-4-12(2)7-9/h8-9,11H,3-4,6-7H2,1-2H3. The summed E-state index contributed by atoms with van der Waals surface area (Å²) in [5.74, 6) is 0.135. The molecule has 0 aromatic carbocycles. The molecule has 0 amide bonds. The highest BCUT2D eigenvalue weighted by Gasteiger charge is 2.18. The molecule has 1 aliphatic rings. The second kappa shape index (κ2) is 4.44. The van der Waals surface area contributed by atoms with E-state index < -0.39 is 0 Å². The van der Waals surface area contributed by atoms with Gasteiger partial charge in [0.2, 0.25) is 0 Å². The first-order valence-electron chi connectivity index (χ1n) is 4.54. The third-order valence-electron chi connectivity index (χ3n) is 2.32. The summed E-state index contributed by atoms with van der Waals surface area (Å²) in [6, 6.07) is 2.83. The summed E-state index contributed by atoms with van der Waals surface area (Å²) < 4.78 is 0. The van der Waals surface area contributed by atoms with E-state index >= 15 is 0 Å². The van der Waals surface area contributed by atoms with E-state index in [1.54, 1.807) is 0 Å². The van der Waals surface area contributed by atoms with Crippen LogP contribution < -0.4 is 5.32 Å². The maximum absolute atomic E-state index is 8.56. The molecule has 1 rings (SSSR count). The van der Waals surface area contributed by atoms with E-state index in [-0.39, 0.29) is 5.92 Å². The first kappa shape index (κ1) is 9.50. The quantitative estimate of drug-likeness (QED) is 0.663. The van der Waals surface area contributed by atoms with Gasteiger partial charge in [-0.25, -0.2) is 0 Å². The smallest absolute Gasteiger partial charge is 0.0666 e. The normalized spacial score (nSPS) is 26.9. The van der Waals surface area contributed by atoms with Gasteiger partial charge >= 0.3 is 0 Å². The first-order valence-corrected chi connectivity index (χ1v) is 4.54. The van der Waals surface area contributed by atoms with Gasteiger partial charge in [-0.3, -0.25) is 0 Å². The molecule has 1 fully saturated rings. The van der Waals surface area contributed by atoms with Crippen molar-refractivity contribution in [2.75, 3.05) is 26.7 Å². The van der Waals surface area contributed by atoms with Crippen LogP contribution >= 0.6 is 0 Å². The van der Waals surface area contributed by atoms with Crippen LogP contribution in [-0.2, 0) is 0 Å². The Morgan fingerprint density at radius 2 is 2.50 bits per heavy atom. The van der Waals surface area contributed by atoms with Crippen molar-refractivity contribution < 1.29 is 0 Å². The monoisotopic (exact) mass is 167 g/mol. The van der Waals surface area contributed by atoms with Crippen molar-refractivity contribution in [2.24, 2.45) is 5.92 Å². The maximum atomic E-state index is 8.56. The fourth-order valence-corrected chi connectivity index (χ4v) is 1.49. The van der Waals surface area contributed by atoms with Gasteiger partial charge in [0.25, 0.3) is 0 Å². The minimum Gasteiger partial charge on any atom is -0.311 e. The highest BCUT2D eigenvalue weighted by atomic mass is 15.2. The Kier molecular flexibility index (Phi) is 3.51. The summed E-state index contributed by atoms with van der Waals surface area (Å²) in [6.45, 7) is 5.08. The van der Waals surface area contributed by atoms with Crippen LogP contribution in [0.2, 0.25) is 0 Å². The van der Waals surface area contributed by atoms with Gasteiger partial charge in [0.05, 0.1) is 12.0 Å². The van der Waals surface area contributed by atoms with Crippen LogP contribution in [0.25, 0.3) is 0 Å². The summed E-state index contributed by atoms with van der Waals surface area (Å²) >= 11 is 0. The number of hydrogen-bond acceptors (Lipinski definition) is 3. The zero-order valence-electron chi connectivity index (χ0n) is 7.88. The van der Waals surface area contributed by atoms with Crippen LogP contribution in [-0.4, -0.2) is 37.6 Å². The van der Waals surface area contributed by atoms with Gasteiger partial charge in [-0.15, -0.1) is 0 Å². The Morgan fingerprint density at radius 3 is 3.00 bits per heavy atom. The number of nitriles is 1. The summed E-state index contributed by atoms with van der Waals surface area (Å²) in [5, 5.41) is 12.0. The predicted molar refractivity (Wildman–Crippen MR) is 48.7 cm³/mol. The number of rotatable bonds is 3. The van der Waals surface area contributed by atoms with Crippen molar-refractivity contribution in [3.05, 3.63) is 0 Å². The molecule has 0 aromatic heterocycles. The molecular formula is C9H17N3.